The lowest BCUT2D eigenvalue weighted by Crippen LogP contribution is -2.53. The van der Waals surface area contributed by atoms with Gasteiger partial charge in [-0.3, -0.25) is 14.6 Å². The Kier molecular flexibility index (Phi) is 6.50. The maximum atomic E-state index is 13.3. The number of amides is 2. The molecule has 2 unspecified atom stereocenters. The summed E-state index contributed by atoms with van der Waals surface area (Å²) in [6, 6.07) is 6.19. The molecule has 0 radical (unpaired) electrons. The van der Waals surface area contributed by atoms with Gasteiger partial charge in [0.05, 0.1) is 24.3 Å². The van der Waals surface area contributed by atoms with Crippen molar-refractivity contribution in [1.82, 2.24) is 15.1 Å². The number of hydrogen-bond acceptors (Lipinski definition) is 6. The number of benzene rings is 1. The van der Waals surface area contributed by atoms with Gasteiger partial charge in [-0.2, -0.15) is 0 Å². The van der Waals surface area contributed by atoms with Crippen LogP contribution in [0.15, 0.2) is 47.9 Å². The molecular formula is C29H37N3O6. The lowest BCUT2D eigenvalue weighted by atomic mass is 9.61. The van der Waals surface area contributed by atoms with Crippen molar-refractivity contribution in [3.05, 3.63) is 53.4 Å². The maximum Gasteiger partial charge on any atom is 0.427 e. The molecule has 1 aromatic carbocycles. The van der Waals surface area contributed by atoms with E-state index in [-0.39, 0.29) is 35.7 Å². The van der Waals surface area contributed by atoms with Crippen LogP contribution >= 0.6 is 0 Å². The molecule has 2 fully saturated rings. The summed E-state index contributed by atoms with van der Waals surface area (Å²) in [6.07, 6.45) is 10.1. The Hall–Kier alpha value is -3.20. The van der Waals surface area contributed by atoms with E-state index in [1.165, 1.54) is 15.6 Å². The molecule has 3 aliphatic heterocycles. The number of hydrazine groups is 1. The van der Waals surface area contributed by atoms with Crippen LogP contribution in [0.25, 0.3) is 0 Å². The van der Waals surface area contributed by atoms with E-state index in [1.807, 2.05) is 18.3 Å². The minimum absolute atomic E-state index is 0.125. The van der Waals surface area contributed by atoms with Crippen LogP contribution in [0, 0.1) is 17.3 Å². The van der Waals surface area contributed by atoms with E-state index in [0.717, 1.165) is 49.8 Å². The van der Waals surface area contributed by atoms with Gasteiger partial charge in [-0.05, 0) is 61.6 Å². The summed E-state index contributed by atoms with van der Waals surface area (Å²) in [5.41, 5.74) is 1.95. The number of carbonyl (C=O) groups is 2. The van der Waals surface area contributed by atoms with Crippen LogP contribution in [0.5, 0.6) is 5.75 Å². The van der Waals surface area contributed by atoms with Crippen LogP contribution in [0.3, 0.4) is 0 Å². The van der Waals surface area contributed by atoms with E-state index in [4.69, 9.17) is 9.57 Å². The van der Waals surface area contributed by atoms with Crippen molar-refractivity contribution < 1.29 is 29.4 Å². The molecular weight excluding hydrogens is 486 g/mol. The average molecular weight is 524 g/mol. The molecule has 0 aromatic heterocycles. The minimum Gasteiger partial charge on any atom is -0.508 e. The zero-order chi connectivity index (χ0) is 26.4. The largest absolute Gasteiger partial charge is 0.508 e. The first-order chi connectivity index (χ1) is 18.4. The molecule has 5 aliphatic rings. The maximum absolute atomic E-state index is 13.3. The van der Waals surface area contributed by atoms with Crippen molar-refractivity contribution in [1.29, 1.82) is 0 Å². The number of phenols is 1. The Balaban J connectivity index is 1.20. The number of hydrogen-bond donors (Lipinski definition) is 2. The summed E-state index contributed by atoms with van der Waals surface area (Å²) >= 11 is 0. The minimum atomic E-state index is -1.14. The van der Waals surface area contributed by atoms with Crippen molar-refractivity contribution >= 4 is 12.0 Å². The van der Waals surface area contributed by atoms with Crippen molar-refractivity contribution in [3.63, 3.8) is 0 Å². The number of nitrogens with zero attached hydrogens (tertiary/aromatic N) is 3. The first-order valence-electron chi connectivity index (χ1n) is 14.0. The first-order valence-corrected chi connectivity index (χ1v) is 14.0. The molecule has 9 nitrogen and oxygen atoms in total. The molecule has 2 N–H and O–H groups in total. The van der Waals surface area contributed by atoms with Crippen LogP contribution in [0.4, 0.5) is 4.79 Å². The van der Waals surface area contributed by atoms with Gasteiger partial charge in [-0.15, -0.1) is 0 Å². The van der Waals surface area contributed by atoms with Gasteiger partial charge in [0.15, 0.2) is 0 Å². The van der Waals surface area contributed by atoms with Crippen LogP contribution in [0.2, 0.25) is 0 Å². The topological polar surface area (TPSA) is 103 Å². The zero-order valence-electron chi connectivity index (χ0n) is 21.9. The van der Waals surface area contributed by atoms with Crippen molar-refractivity contribution in [2.24, 2.45) is 17.3 Å². The second kappa shape index (κ2) is 9.84. The second-order valence-electron chi connectivity index (χ2n) is 11.5. The summed E-state index contributed by atoms with van der Waals surface area (Å²) in [5, 5.41) is 24.6. The molecule has 1 saturated carbocycles. The number of aromatic hydroxyl groups is 1. The molecule has 1 aromatic rings. The van der Waals surface area contributed by atoms with Gasteiger partial charge >= 0.3 is 6.09 Å². The summed E-state index contributed by atoms with van der Waals surface area (Å²) < 4.78 is 6.52. The Bertz CT molecular complexity index is 1170. The van der Waals surface area contributed by atoms with Gasteiger partial charge in [0, 0.05) is 31.5 Å². The Morgan fingerprint density at radius 1 is 1.24 bits per heavy atom. The van der Waals surface area contributed by atoms with Gasteiger partial charge in [0.25, 0.3) is 5.91 Å². The molecule has 1 saturated heterocycles. The lowest BCUT2D eigenvalue weighted by molar-refractivity contribution is -0.181. The normalized spacial score (nSPS) is 32.1. The molecule has 0 bridgehead atoms. The van der Waals surface area contributed by atoms with E-state index in [0.29, 0.717) is 31.8 Å². The number of ether oxygens (including phenoxy) is 1. The summed E-state index contributed by atoms with van der Waals surface area (Å²) in [4.78, 5) is 31.7. The summed E-state index contributed by atoms with van der Waals surface area (Å²) in [6.45, 7) is 3.35. The Labute approximate surface area is 223 Å². The lowest BCUT2D eigenvalue weighted by Gasteiger charge is -2.41. The van der Waals surface area contributed by atoms with E-state index in [9.17, 15) is 19.8 Å². The number of rotatable bonds is 6. The van der Waals surface area contributed by atoms with Gasteiger partial charge in [-0.1, -0.05) is 31.2 Å². The second-order valence-corrected chi connectivity index (χ2v) is 11.5. The summed E-state index contributed by atoms with van der Waals surface area (Å²) in [5.74, 6) is 1.76. The van der Waals surface area contributed by atoms with Crippen LogP contribution in [-0.2, 0) is 20.8 Å². The molecule has 2 aliphatic carbocycles. The number of hydroxylamine groups is 2. The monoisotopic (exact) mass is 523 g/mol. The fourth-order valence-electron chi connectivity index (χ4n) is 7.42. The first kappa shape index (κ1) is 25.1. The highest BCUT2D eigenvalue weighted by atomic mass is 16.7. The molecule has 5 atom stereocenters. The molecule has 9 heteroatoms. The highest BCUT2D eigenvalue weighted by molar-refractivity contribution is 5.86. The molecule has 2 amide bonds. The standard InChI is InChI=1S/C29H37N3O6/c1-19-9-10-25-29(17-19)13-15-30(18-21-6-4-8-24(38-25)26(21)29)32(28(35)36)22-11-14-31(27(22)34)37-16-12-20-5-2-3-7-23(20)33/h2-3,5,7,13,15,19,21-22,25,33H,4,6,8-12,14,16-18H2,1H3,(H,35,36)/t19?,21-,22-,25-,29?/m1/s1. The molecule has 3 heterocycles. The van der Waals surface area contributed by atoms with E-state index < -0.39 is 12.1 Å². The third kappa shape index (κ3) is 4.21. The number of carbonyl (C=O) groups excluding carboxylic acids is 1. The fraction of sp³-hybridized carbons (Fsp3) is 0.586. The summed E-state index contributed by atoms with van der Waals surface area (Å²) in [7, 11) is 0. The predicted octanol–water partition coefficient (Wildman–Crippen LogP) is 4.45. The van der Waals surface area contributed by atoms with Crippen molar-refractivity contribution in [3.8, 4) is 5.75 Å². The molecule has 1 spiro atoms. The van der Waals surface area contributed by atoms with Gasteiger partial charge < -0.3 is 14.9 Å². The predicted molar refractivity (Wildman–Crippen MR) is 138 cm³/mol. The highest BCUT2D eigenvalue weighted by Crippen LogP contribution is 2.59. The third-order valence-corrected chi connectivity index (χ3v) is 9.10. The van der Waals surface area contributed by atoms with Crippen LogP contribution < -0.4 is 0 Å². The quantitative estimate of drug-likeness (QED) is 0.568. The SMILES string of the molecule is CC1CC[C@H]2OC3=C4[C@H](CCC3)CN(N(C(=O)O)[C@@H]3CCN(OCCc5ccccc5O)C3=O)C=CC42C1. The van der Waals surface area contributed by atoms with E-state index in [1.54, 1.807) is 17.1 Å². The average Bonchev–Trinajstić information content (AvgIpc) is 3.35. The van der Waals surface area contributed by atoms with Gasteiger partial charge in [0.1, 0.15) is 17.9 Å². The van der Waals surface area contributed by atoms with E-state index >= 15 is 0 Å². The Morgan fingerprint density at radius 3 is 2.89 bits per heavy atom. The van der Waals surface area contributed by atoms with Gasteiger partial charge in [0.2, 0.25) is 0 Å². The number of phenolic OH excluding ortho intramolecular Hbond substituents is 1. The molecule has 6 rings (SSSR count). The number of carboxylic acid groups (broad SMARTS) is 1. The fourth-order valence-corrected chi connectivity index (χ4v) is 7.42. The van der Waals surface area contributed by atoms with Crippen LogP contribution in [-0.4, -0.2) is 69.1 Å². The van der Waals surface area contributed by atoms with E-state index in [2.05, 4.69) is 13.0 Å². The zero-order valence-corrected chi connectivity index (χ0v) is 21.9. The Morgan fingerprint density at radius 2 is 2.08 bits per heavy atom. The highest BCUT2D eigenvalue weighted by Gasteiger charge is 2.56. The third-order valence-electron chi connectivity index (χ3n) is 9.10. The molecule has 204 valence electrons. The number of allylic oxidation sites excluding steroid dienone is 1. The van der Waals surface area contributed by atoms with Crippen LogP contribution in [0.1, 0.15) is 57.4 Å². The molecule has 38 heavy (non-hydrogen) atoms. The van der Waals surface area contributed by atoms with Crippen molar-refractivity contribution in [2.75, 3.05) is 19.7 Å². The smallest absolute Gasteiger partial charge is 0.427 e. The van der Waals surface area contributed by atoms with Crippen molar-refractivity contribution in [2.45, 2.75) is 70.4 Å². The number of para-hydroxylation sites is 1. The van der Waals surface area contributed by atoms with Gasteiger partial charge in [-0.25, -0.2) is 14.9 Å².